The van der Waals surface area contributed by atoms with Gasteiger partial charge < -0.3 is 0 Å². The van der Waals surface area contributed by atoms with Crippen molar-refractivity contribution in [1.29, 1.82) is 0 Å². The van der Waals surface area contributed by atoms with E-state index in [2.05, 4.69) is 38.4 Å². The van der Waals surface area contributed by atoms with Crippen molar-refractivity contribution in [2.24, 2.45) is 0 Å². The second kappa shape index (κ2) is 2.35. The van der Waals surface area contributed by atoms with E-state index in [1.54, 1.807) is 11.8 Å². The van der Waals surface area contributed by atoms with E-state index in [9.17, 15) is 0 Å². The second-order valence-electron chi connectivity index (χ2n) is 1.76. The Morgan fingerprint density at radius 2 is 2.25 bits per heavy atom. The number of hydrogen-bond donors (Lipinski definition) is 0. The predicted molar refractivity (Wildman–Crippen MR) is 46.8 cm³/mol. The van der Waals surface area contributed by atoms with Gasteiger partial charge in [-0.1, -0.05) is 38.4 Å². The molecule has 0 bridgehead atoms. The zero-order valence-corrected chi connectivity index (χ0v) is 8.22. The predicted octanol–water partition coefficient (Wildman–Crippen LogP) is 3.12. The molecule has 0 saturated heterocycles. The standard InChI is InChI=1S/C5H6Br2S/c1-2-8-4-3-5(4,6)7/h2,4H,1,3H2. The lowest BCUT2D eigenvalue weighted by Gasteiger charge is -1.91. The van der Waals surface area contributed by atoms with Crippen LogP contribution in [0.2, 0.25) is 0 Å². The van der Waals surface area contributed by atoms with Gasteiger partial charge in [0.1, 0.15) is 0 Å². The van der Waals surface area contributed by atoms with Crippen molar-refractivity contribution in [3.63, 3.8) is 0 Å². The minimum Gasteiger partial charge on any atom is -0.129 e. The van der Waals surface area contributed by atoms with Crippen LogP contribution in [0.25, 0.3) is 0 Å². The molecular formula is C5H6Br2S. The van der Waals surface area contributed by atoms with Crippen LogP contribution in [-0.2, 0) is 0 Å². The van der Waals surface area contributed by atoms with Crippen molar-refractivity contribution in [2.45, 2.75) is 14.9 Å². The van der Waals surface area contributed by atoms with Crippen molar-refractivity contribution in [3.8, 4) is 0 Å². The lowest BCUT2D eigenvalue weighted by atomic mass is 11.0. The lowest BCUT2D eigenvalue weighted by Crippen LogP contribution is -1.85. The third-order valence-corrected chi connectivity index (χ3v) is 4.48. The molecule has 1 fully saturated rings. The van der Waals surface area contributed by atoms with E-state index < -0.39 is 0 Å². The van der Waals surface area contributed by atoms with Gasteiger partial charge in [0.25, 0.3) is 0 Å². The molecular weight excluding hydrogens is 252 g/mol. The molecule has 1 aliphatic carbocycles. The summed E-state index contributed by atoms with van der Waals surface area (Å²) < 4.78 is 0.235. The molecule has 8 heavy (non-hydrogen) atoms. The molecule has 0 aliphatic heterocycles. The molecule has 0 aromatic heterocycles. The Labute approximate surface area is 70.4 Å². The fraction of sp³-hybridized carbons (Fsp3) is 0.600. The normalized spacial score (nSPS) is 32.0. The Hall–Kier alpha value is 1.05. The van der Waals surface area contributed by atoms with E-state index in [-0.39, 0.29) is 3.23 Å². The molecule has 1 unspecified atom stereocenters. The number of thioether (sulfide) groups is 1. The molecule has 1 atom stereocenters. The molecule has 0 aromatic carbocycles. The summed E-state index contributed by atoms with van der Waals surface area (Å²) >= 11 is 8.78. The van der Waals surface area contributed by atoms with Crippen LogP contribution in [0, 0.1) is 0 Å². The number of alkyl halides is 2. The summed E-state index contributed by atoms with van der Waals surface area (Å²) in [6, 6.07) is 0. The summed E-state index contributed by atoms with van der Waals surface area (Å²) in [5.41, 5.74) is 0. The molecule has 0 spiro atoms. The van der Waals surface area contributed by atoms with Crippen LogP contribution in [0.4, 0.5) is 0 Å². The largest absolute Gasteiger partial charge is 0.129 e. The first-order valence-electron chi connectivity index (χ1n) is 2.31. The van der Waals surface area contributed by atoms with Gasteiger partial charge in [0, 0.05) is 5.25 Å². The molecule has 0 N–H and O–H groups in total. The third-order valence-electron chi connectivity index (χ3n) is 1.03. The highest BCUT2D eigenvalue weighted by molar-refractivity contribution is 9.25. The SMILES string of the molecule is C=CSC1CC1(Br)Br. The van der Waals surface area contributed by atoms with Gasteiger partial charge in [0.15, 0.2) is 0 Å². The summed E-state index contributed by atoms with van der Waals surface area (Å²) in [5, 5.41) is 2.58. The molecule has 0 amide bonds. The van der Waals surface area contributed by atoms with Gasteiger partial charge in [0.2, 0.25) is 0 Å². The highest BCUT2D eigenvalue weighted by Crippen LogP contribution is 2.57. The van der Waals surface area contributed by atoms with Crippen LogP contribution in [0.1, 0.15) is 6.42 Å². The Kier molecular flexibility index (Phi) is 2.10. The first-order chi connectivity index (χ1) is 3.67. The monoisotopic (exact) mass is 256 g/mol. The maximum absolute atomic E-state index is 3.63. The molecule has 46 valence electrons. The van der Waals surface area contributed by atoms with Gasteiger partial charge in [-0.2, -0.15) is 0 Å². The van der Waals surface area contributed by atoms with Crippen molar-refractivity contribution in [2.75, 3.05) is 0 Å². The molecule has 3 heteroatoms. The van der Waals surface area contributed by atoms with Gasteiger partial charge in [-0.05, 0) is 11.8 Å². The highest BCUT2D eigenvalue weighted by Gasteiger charge is 2.50. The minimum atomic E-state index is 0.235. The minimum absolute atomic E-state index is 0.235. The van der Waals surface area contributed by atoms with E-state index >= 15 is 0 Å². The summed E-state index contributed by atoms with van der Waals surface area (Å²) in [6.07, 6.45) is 1.20. The average molecular weight is 258 g/mol. The fourth-order valence-corrected chi connectivity index (χ4v) is 2.97. The van der Waals surface area contributed by atoms with Crippen LogP contribution in [-0.4, -0.2) is 8.48 Å². The van der Waals surface area contributed by atoms with E-state index in [0.717, 1.165) is 0 Å². The molecule has 0 aromatic rings. The quantitative estimate of drug-likeness (QED) is 0.685. The Balaban J connectivity index is 2.26. The summed E-state index contributed by atoms with van der Waals surface area (Å²) in [4.78, 5) is 0. The van der Waals surface area contributed by atoms with Crippen molar-refractivity contribution in [1.82, 2.24) is 0 Å². The molecule has 0 nitrogen and oxygen atoms in total. The lowest BCUT2D eigenvalue weighted by molar-refractivity contribution is 1.48. The molecule has 1 aliphatic rings. The van der Waals surface area contributed by atoms with Crippen LogP contribution < -0.4 is 0 Å². The van der Waals surface area contributed by atoms with Gasteiger partial charge >= 0.3 is 0 Å². The van der Waals surface area contributed by atoms with Gasteiger partial charge in [-0.3, -0.25) is 0 Å². The van der Waals surface area contributed by atoms with Crippen molar-refractivity contribution in [3.05, 3.63) is 12.0 Å². The van der Waals surface area contributed by atoms with E-state index in [0.29, 0.717) is 5.25 Å². The highest BCUT2D eigenvalue weighted by atomic mass is 79.9. The maximum Gasteiger partial charge on any atom is 0.0938 e. The summed E-state index contributed by atoms with van der Waals surface area (Å²) in [6.45, 7) is 3.63. The summed E-state index contributed by atoms with van der Waals surface area (Å²) in [7, 11) is 0. The van der Waals surface area contributed by atoms with Crippen LogP contribution in [0.3, 0.4) is 0 Å². The zero-order chi connectivity index (χ0) is 6.20. The average Bonchev–Trinajstić information content (AvgIpc) is 2.15. The Bertz CT molecular complexity index is 111. The smallest absolute Gasteiger partial charge is 0.0938 e. The van der Waals surface area contributed by atoms with E-state index in [1.165, 1.54) is 6.42 Å². The molecule has 0 heterocycles. The van der Waals surface area contributed by atoms with Crippen LogP contribution in [0.15, 0.2) is 12.0 Å². The number of rotatable bonds is 2. The van der Waals surface area contributed by atoms with Crippen molar-refractivity contribution >= 4 is 43.6 Å². The topological polar surface area (TPSA) is 0 Å². The molecule has 0 radical (unpaired) electrons. The van der Waals surface area contributed by atoms with E-state index in [4.69, 9.17) is 0 Å². The first-order valence-corrected chi connectivity index (χ1v) is 4.84. The van der Waals surface area contributed by atoms with Crippen LogP contribution >= 0.6 is 43.6 Å². The number of halogens is 2. The van der Waals surface area contributed by atoms with Crippen molar-refractivity contribution < 1.29 is 0 Å². The fourth-order valence-electron chi connectivity index (χ4n) is 0.452. The summed E-state index contributed by atoms with van der Waals surface area (Å²) in [5.74, 6) is 0. The zero-order valence-electron chi connectivity index (χ0n) is 4.23. The van der Waals surface area contributed by atoms with E-state index in [1.807, 2.05) is 5.41 Å². The molecule has 1 saturated carbocycles. The maximum atomic E-state index is 3.63. The first kappa shape index (κ1) is 7.16. The van der Waals surface area contributed by atoms with Crippen LogP contribution in [0.5, 0.6) is 0 Å². The Morgan fingerprint density at radius 1 is 1.75 bits per heavy atom. The molecule has 1 rings (SSSR count). The van der Waals surface area contributed by atoms with Gasteiger partial charge in [-0.15, -0.1) is 11.8 Å². The van der Waals surface area contributed by atoms with Gasteiger partial charge in [-0.25, -0.2) is 0 Å². The third kappa shape index (κ3) is 1.52. The second-order valence-corrected chi connectivity index (χ2v) is 6.83. The number of hydrogen-bond acceptors (Lipinski definition) is 1. The Morgan fingerprint density at radius 3 is 2.38 bits per heavy atom. The van der Waals surface area contributed by atoms with Gasteiger partial charge in [0.05, 0.1) is 3.23 Å².